The number of aliphatic hydroxyl groups is 2. The topological polar surface area (TPSA) is 105 Å². The number of H-pyrrole nitrogens is 1. The van der Waals surface area contributed by atoms with Gasteiger partial charge >= 0.3 is 5.69 Å². The molecule has 1 aliphatic rings. The highest BCUT2D eigenvalue weighted by Gasteiger charge is 2.30. The van der Waals surface area contributed by atoms with Gasteiger partial charge in [-0.25, -0.2) is 4.79 Å². The maximum Gasteiger partial charge on any atom is 0.328 e. The third-order valence-corrected chi connectivity index (χ3v) is 3.71. The third-order valence-electron chi connectivity index (χ3n) is 2.94. The molecule has 100 valence electrons. The molecule has 3 N–H and O–H groups in total. The van der Waals surface area contributed by atoms with Crippen LogP contribution in [0.1, 0.15) is 12.5 Å². The molecule has 0 bridgehead atoms. The van der Waals surface area contributed by atoms with Gasteiger partial charge in [0.05, 0.1) is 28.9 Å². The van der Waals surface area contributed by atoms with Crippen molar-refractivity contribution in [2.24, 2.45) is 0 Å². The molecule has 1 aliphatic heterocycles. The van der Waals surface area contributed by atoms with E-state index in [9.17, 15) is 14.7 Å². The summed E-state index contributed by atoms with van der Waals surface area (Å²) in [4.78, 5) is 25.1. The minimum Gasteiger partial charge on any atom is -0.394 e. The van der Waals surface area contributed by atoms with Crippen LogP contribution in [0.4, 0.5) is 0 Å². The SMILES string of the molecule is O=c1[nH]c(=O)n([C@@H]2CO[C@H](CO)[C@@H](O)C2)cc1I. The summed E-state index contributed by atoms with van der Waals surface area (Å²) in [7, 11) is 0. The quantitative estimate of drug-likeness (QED) is 0.571. The van der Waals surface area contributed by atoms with Crippen LogP contribution in [0.3, 0.4) is 0 Å². The molecule has 0 saturated carbocycles. The van der Waals surface area contributed by atoms with Crippen LogP contribution < -0.4 is 11.2 Å². The number of aliphatic hydroxyl groups excluding tert-OH is 2. The molecule has 7 nitrogen and oxygen atoms in total. The van der Waals surface area contributed by atoms with Gasteiger partial charge in [0.25, 0.3) is 5.56 Å². The molecule has 0 aromatic carbocycles. The van der Waals surface area contributed by atoms with Crippen LogP contribution in [-0.4, -0.2) is 45.2 Å². The normalized spacial score (nSPS) is 28.3. The maximum absolute atomic E-state index is 11.7. The van der Waals surface area contributed by atoms with Crippen LogP contribution in [0, 0.1) is 3.57 Å². The Bertz CT molecular complexity index is 540. The molecule has 0 aliphatic carbocycles. The van der Waals surface area contributed by atoms with E-state index in [1.54, 1.807) is 0 Å². The fourth-order valence-electron chi connectivity index (χ4n) is 1.94. The molecule has 1 aromatic heterocycles. The number of nitrogens with one attached hydrogen (secondary N) is 1. The second-order valence-corrected chi connectivity index (χ2v) is 5.32. The first-order valence-corrected chi connectivity index (χ1v) is 6.52. The highest BCUT2D eigenvalue weighted by Crippen LogP contribution is 2.22. The van der Waals surface area contributed by atoms with Gasteiger partial charge in [0.2, 0.25) is 0 Å². The van der Waals surface area contributed by atoms with Gasteiger partial charge in [-0.3, -0.25) is 14.3 Å². The summed E-state index contributed by atoms with van der Waals surface area (Å²) in [5.74, 6) is 0. The van der Waals surface area contributed by atoms with Crippen LogP contribution in [0.25, 0.3) is 0 Å². The lowest BCUT2D eigenvalue weighted by atomic mass is 10.0. The Kier molecular flexibility index (Phi) is 4.20. The van der Waals surface area contributed by atoms with E-state index in [2.05, 4.69) is 4.98 Å². The summed E-state index contributed by atoms with van der Waals surface area (Å²) < 4.78 is 7.02. The molecule has 3 atom stereocenters. The highest BCUT2D eigenvalue weighted by molar-refractivity contribution is 14.1. The van der Waals surface area contributed by atoms with Gasteiger partial charge in [-0.2, -0.15) is 0 Å². The van der Waals surface area contributed by atoms with E-state index in [1.165, 1.54) is 10.8 Å². The molecule has 0 spiro atoms. The molecule has 2 rings (SSSR count). The summed E-state index contributed by atoms with van der Waals surface area (Å²) >= 11 is 1.83. The van der Waals surface area contributed by atoms with E-state index in [1.807, 2.05) is 22.6 Å². The largest absolute Gasteiger partial charge is 0.394 e. The van der Waals surface area contributed by atoms with Crippen molar-refractivity contribution >= 4 is 22.6 Å². The molecule has 0 radical (unpaired) electrons. The second-order valence-electron chi connectivity index (χ2n) is 4.15. The number of ether oxygens (including phenoxy) is 1. The molecular weight excluding hydrogens is 355 g/mol. The predicted molar refractivity (Wildman–Crippen MR) is 70.5 cm³/mol. The first-order chi connectivity index (χ1) is 8.52. The van der Waals surface area contributed by atoms with Crippen LogP contribution in [0.15, 0.2) is 15.8 Å². The lowest BCUT2D eigenvalue weighted by Gasteiger charge is -2.33. The summed E-state index contributed by atoms with van der Waals surface area (Å²) in [6, 6.07) is -0.347. The van der Waals surface area contributed by atoms with Gasteiger partial charge in [0.15, 0.2) is 0 Å². The van der Waals surface area contributed by atoms with E-state index in [4.69, 9.17) is 9.84 Å². The molecule has 1 fully saturated rings. The summed E-state index contributed by atoms with van der Waals surface area (Å²) in [5.41, 5.74) is -0.953. The summed E-state index contributed by atoms with van der Waals surface area (Å²) in [6.07, 6.45) is 0.304. The Balaban J connectivity index is 2.26. The standard InChI is InChI=1S/C10H13IN2O5/c11-6-2-13(10(17)12-9(6)16)5-1-7(15)8(3-14)18-4-5/h2,5,7-8,14-15H,1,3-4H2,(H,12,16,17)/t5-,7-,8+/m0/s1. The lowest BCUT2D eigenvalue weighted by Crippen LogP contribution is -2.44. The summed E-state index contributed by atoms with van der Waals surface area (Å²) in [5, 5.41) is 18.7. The third kappa shape index (κ3) is 2.66. The van der Waals surface area contributed by atoms with E-state index in [-0.39, 0.29) is 19.3 Å². The maximum atomic E-state index is 11.7. The van der Waals surface area contributed by atoms with Crippen molar-refractivity contribution in [3.63, 3.8) is 0 Å². The zero-order valence-electron chi connectivity index (χ0n) is 9.38. The number of hydrogen-bond acceptors (Lipinski definition) is 5. The van der Waals surface area contributed by atoms with E-state index in [0.717, 1.165) is 0 Å². The fourth-order valence-corrected chi connectivity index (χ4v) is 2.38. The van der Waals surface area contributed by atoms with Crippen LogP contribution in [0.5, 0.6) is 0 Å². The first-order valence-electron chi connectivity index (χ1n) is 5.44. The second kappa shape index (κ2) is 5.51. The zero-order chi connectivity index (χ0) is 13.3. The molecule has 0 unspecified atom stereocenters. The van der Waals surface area contributed by atoms with Crippen molar-refractivity contribution in [2.75, 3.05) is 13.2 Å². The fraction of sp³-hybridized carbons (Fsp3) is 0.600. The number of nitrogens with zero attached hydrogens (tertiary/aromatic N) is 1. The Hall–Kier alpha value is -0.710. The van der Waals surface area contributed by atoms with Crippen molar-refractivity contribution in [2.45, 2.75) is 24.7 Å². The van der Waals surface area contributed by atoms with E-state index in [0.29, 0.717) is 9.99 Å². The number of aromatic nitrogens is 2. The van der Waals surface area contributed by atoms with Gasteiger partial charge in [-0.15, -0.1) is 0 Å². The van der Waals surface area contributed by atoms with Gasteiger partial charge in [0, 0.05) is 6.20 Å². The molecule has 1 saturated heterocycles. The predicted octanol–water partition coefficient (Wildman–Crippen LogP) is -1.18. The van der Waals surface area contributed by atoms with Crippen molar-refractivity contribution < 1.29 is 14.9 Å². The van der Waals surface area contributed by atoms with Crippen LogP contribution in [0.2, 0.25) is 0 Å². The van der Waals surface area contributed by atoms with Crippen molar-refractivity contribution in [3.05, 3.63) is 30.6 Å². The molecule has 18 heavy (non-hydrogen) atoms. The van der Waals surface area contributed by atoms with Crippen LogP contribution >= 0.6 is 22.6 Å². The van der Waals surface area contributed by atoms with Gasteiger partial charge in [0.1, 0.15) is 6.10 Å². The van der Waals surface area contributed by atoms with E-state index < -0.39 is 23.5 Å². The Morgan fingerprint density at radius 3 is 2.89 bits per heavy atom. The van der Waals surface area contributed by atoms with Gasteiger partial charge < -0.3 is 14.9 Å². The Morgan fingerprint density at radius 1 is 1.56 bits per heavy atom. The number of aromatic amines is 1. The smallest absolute Gasteiger partial charge is 0.328 e. The molecule has 2 heterocycles. The molecular formula is C10H13IN2O5. The Morgan fingerprint density at radius 2 is 2.28 bits per heavy atom. The number of hydrogen-bond donors (Lipinski definition) is 3. The number of halogens is 1. The van der Waals surface area contributed by atoms with Gasteiger partial charge in [-0.1, -0.05) is 0 Å². The minimum absolute atomic E-state index is 0.213. The van der Waals surface area contributed by atoms with Gasteiger partial charge in [-0.05, 0) is 29.0 Å². The molecule has 8 heteroatoms. The Labute approximate surface area is 116 Å². The van der Waals surface area contributed by atoms with Crippen molar-refractivity contribution in [1.29, 1.82) is 0 Å². The monoisotopic (exact) mass is 368 g/mol. The van der Waals surface area contributed by atoms with Crippen molar-refractivity contribution in [1.82, 2.24) is 9.55 Å². The first kappa shape index (κ1) is 13.7. The average Bonchev–Trinajstić information content (AvgIpc) is 2.33. The van der Waals surface area contributed by atoms with Crippen molar-refractivity contribution in [3.8, 4) is 0 Å². The summed E-state index contributed by atoms with van der Waals surface area (Å²) in [6.45, 7) is -0.0454. The highest BCUT2D eigenvalue weighted by atomic mass is 127. The van der Waals surface area contributed by atoms with E-state index >= 15 is 0 Å². The number of rotatable bonds is 2. The zero-order valence-corrected chi connectivity index (χ0v) is 11.5. The minimum atomic E-state index is -0.828. The lowest BCUT2D eigenvalue weighted by molar-refractivity contribution is -0.113. The molecule has 0 amide bonds. The average molecular weight is 368 g/mol. The molecule has 1 aromatic rings. The van der Waals surface area contributed by atoms with Crippen LogP contribution in [-0.2, 0) is 4.74 Å².